The summed E-state index contributed by atoms with van der Waals surface area (Å²) in [4.78, 5) is 28.6. The van der Waals surface area contributed by atoms with Crippen molar-refractivity contribution in [3.05, 3.63) is 69.8 Å². The number of nitrogens with zero attached hydrogens (tertiary/aromatic N) is 1. The summed E-state index contributed by atoms with van der Waals surface area (Å²) in [5, 5.41) is 13.7. The van der Waals surface area contributed by atoms with Gasteiger partial charge in [0.1, 0.15) is 5.75 Å². The van der Waals surface area contributed by atoms with E-state index >= 15 is 0 Å². The van der Waals surface area contributed by atoms with Gasteiger partial charge < -0.3 is 19.6 Å². The minimum absolute atomic E-state index is 0.0395. The highest BCUT2D eigenvalue weighted by Crippen LogP contribution is 2.39. The molecule has 1 heterocycles. The van der Waals surface area contributed by atoms with Crippen LogP contribution in [0.5, 0.6) is 5.75 Å². The molecule has 2 aromatic carbocycles. The van der Waals surface area contributed by atoms with Crippen molar-refractivity contribution in [3.63, 3.8) is 0 Å². The van der Waals surface area contributed by atoms with E-state index in [1.165, 1.54) is 18.1 Å². The monoisotopic (exact) mass is 456 g/mol. The van der Waals surface area contributed by atoms with Crippen LogP contribution < -0.4 is 14.7 Å². The zero-order valence-corrected chi connectivity index (χ0v) is 19.8. The molecule has 2 aromatic rings. The van der Waals surface area contributed by atoms with Gasteiger partial charge in [-0.2, -0.15) is 0 Å². The SMILES string of the molecule is COc1ccc(/C([O-])=C2\C(=O)C(=O)N(CC[NH+](C)C)C2c2ccc(C(C)C)cc2)cc1Cl. The summed E-state index contributed by atoms with van der Waals surface area (Å²) in [5.41, 5.74) is 2.09. The number of halogens is 1. The first-order valence-electron chi connectivity index (χ1n) is 10.6. The van der Waals surface area contributed by atoms with Gasteiger partial charge in [-0.1, -0.05) is 61.5 Å². The fraction of sp³-hybridized carbons (Fsp3) is 0.360. The number of amides is 1. The van der Waals surface area contributed by atoms with Gasteiger partial charge in [-0.25, -0.2) is 0 Å². The third-order valence-corrected chi connectivity index (χ3v) is 6.01. The van der Waals surface area contributed by atoms with Crippen molar-refractivity contribution in [2.75, 3.05) is 34.3 Å². The Labute approximate surface area is 194 Å². The summed E-state index contributed by atoms with van der Waals surface area (Å²) >= 11 is 6.21. The second-order valence-electron chi connectivity index (χ2n) is 8.60. The van der Waals surface area contributed by atoms with Gasteiger partial charge in [-0.05, 0) is 34.7 Å². The molecule has 1 saturated heterocycles. The Morgan fingerprint density at radius 2 is 1.81 bits per heavy atom. The average molecular weight is 457 g/mol. The van der Waals surface area contributed by atoms with Crippen LogP contribution in [0.3, 0.4) is 0 Å². The number of rotatable bonds is 7. The molecule has 3 rings (SSSR count). The van der Waals surface area contributed by atoms with E-state index in [-0.39, 0.29) is 16.2 Å². The maximum atomic E-state index is 13.5. The van der Waals surface area contributed by atoms with Gasteiger partial charge >= 0.3 is 0 Å². The molecule has 0 aliphatic carbocycles. The maximum absolute atomic E-state index is 13.5. The van der Waals surface area contributed by atoms with Crippen molar-refractivity contribution in [3.8, 4) is 5.75 Å². The van der Waals surface area contributed by atoms with Crippen molar-refractivity contribution in [2.24, 2.45) is 0 Å². The number of ketones is 1. The smallest absolute Gasteiger partial charge is 0.295 e. The maximum Gasteiger partial charge on any atom is 0.295 e. The summed E-state index contributed by atoms with van der Waals surface area (Å²) in [7, 11) is 5.44. The standard InChI is InChI=1S/C25H29ClN2O4/c1-15(2)16-6-8-17(9-7-16)22-21(24(30)25(31)28(22)13-12-27(3)4)23(29)18-10-11-20(32-5)19(26)14-18/h6-11,14-15,22,29H,12-13H2,1-5H3/b23-21+. The zero-order valence-electron chi connectivity index (χ0n) is 19.1. The van der Waals surface area contributed by atoms with Crippen LogP contribution in [-0.2, 0) is 9.59 Å². The highest BCUT2D eigenvalue weighted by Gasteiger charge is 2.44. The quantitative estimate of drug-likeness (QED) is 0.392. The van der Waals surface area contributed by atoms with Crippen LogP contribution in [0.2, 0.25) is 5.02 Å². The highest BCUT2D eigenvalue weighted by atomic mass is 35.5. The molecule has 0 bridgehead atoms. The Bertz CT molecular complexity index is 1040. The molecule has 170 valence electrons. The van der Waals surface area contributed by atoms with Gasteiger partial charge in [0, 0.05) is 5.57 Å². The van der Waals surface area contributed by atoms with Crippen LogP contribution in [0.15, 0.2) is 48.0 Å². The molecule has 1 amide bonds. The molecule has 1 aliphatic heterocycles. The minimum atomic E-state index is -0.756. The van der Waals surface area contributed by atoms with Crippen LogP contribution in [0, 0.1) is 0 Å². The molecule has 1 atom stereocenters. The first-order valence-corrected chi connectivity index (χ1v) is 11.0. The first kappa shape index (κ1) is 23.8. The van der Waals surface area contributed by atoms with Crippen molar-refractivity contribution < 1.29 is 24.3 Å². The minimum Gasteiger partial charge on any atom is -0.872 e. The summed E-state index contributed by atoms with van der Waals surface area (Å²) in [6.45, 7) is 5.20. The number of ether oxygens (including phenoxy) is 1. The summed E-state index contributed by atoms with van der Waals surface area (Å²) < 4.78 is 5.15. The molecule has 1 N–H and O–H groups in total. The Hall–Kier alpha value is -2.83. The third kappa shape index (κ3) is 4.66. The fourth-order valence-corrected chi connectivity index (χ4v) is 4.08. The number of likely N-dealkylation sites (N-methyl/N-ethyl adjacent to an activating group) is 1. The Kier molecular flexibility index (Phi) is 7.26. The summed E-state index contributed by atoms with van der Waals surface area (Å²) in [6.07, 6.45) is 0. The van der Waals surface area contributed by atoms with Crippen LogP contribution in [0.4, 0.5) is 0 Å². The molecule has 6 nitrogen and oxygen atoms in total. The number of benzene rings is 2. The van der Waals surface area contributed by atoms with E-state index in [0.717, 1.165) is 16.0 Å². The second kappa shape index (κ2) is 9.76. The summed E-state index contributed by atoms with van der Waals surface area (Å²) in [5.74, 6) is -1.12. The van der Waals surface area contributed by atoms with E-state index in [4.69, 9.17) is 16.3 Å². The average Bonchev–Trinajstić information content (AvgIpc) is 3.01. The van der Waals surface area contributed by atoms with Crippen molar-refractivity contribution in [1.29, 1.82) is 0 Å². The number of carbonyl (C=O) groups excluding carboxylic acids is 2. The second-order valence-corrected chi connectivity index (χ2v) is 9.01. The van der Waals surface area contributed by atoms with Crippen LogP contribution >= 0.6 is 11.6 Å². The Morgan fingerprint density at radius 3 is 2.34 bits per heavy atom. The lowest BCUT2D eigenvalue weighted by atomic mass is 9.93. The number of methoxy groups -OCH3 is 1. The van der Waals surface area contributed by atoms with Gasteiger partial charge in [0.05, 0.1) is 45.4 Å². The number of carbonyl (C=O) groups is 2. The Morgan fingerprint density at radius 1 is 1.16 bits per heavy atom. The molecule has 0 spiro atoms. The lowest BCUT2D eigenvalue weighted by Crippen LogP contribution is -3.06. The highest BCUT2D eigenvalue weighted by molar-refractivity contribution is 6.46. The third-order valence-electron chi connectivity index (χ3n) is 5.72. The molecule has 0 radical (unpaired) electrons. The molecule has 32 heavy (non-hydrogen) atoms. The van der Waals surface area contributed by atoms with Crippen LogP contribution in [-0.4, -0.2) is 50.9 Å². The number of Topliss-reactive ketones (excluding diaryl/α,β-unsaturated/α-hetero) is 1. The van der Waals surface area contributed by atoms with E-state index in [1.807, 2.05) is 38.4 Å². The Balaban J connectivity index is 2.14. The number of likely N-dealkylation sites (tertiary alicyclic amines) is 1. The van der Waals surface area contributed by atoms with E-state index in [1.54, 1.807) is 12.1 Å². The summed E-state index contributed by atoms with van der Waals surface area (Å²) in [6, 6.07) is 11.6. The molecule has 1 aliphatic rings. The first-order chi connectivity index (χ1) is 15.1. The van der Waals surface area contributed by atoms with Crippen LogP contribution in [0.25, 0.3) is 5.76 Å². The predicted octanol–water partition coefficient (Wildman–Crippen LogP) is 1.84. The lowest BCUT2D eigenvalue weighted by Gasteiger charge is -2.28. The van der Waals surface area contributed by atoms with Crippen molar-refractivity contribution in [2.45, 2.75) is 25.8 Å². The molecule has 0 saturated carbocycles. The molecule has 0 aromatic heterocycles. The van der Waals surface area contributed by atoms with Crippen molar-refractivity contribution in [1.82, 2.24) is 4.90 Å². The molecule has 7 heteroatoms. The molecular formula is C25H29ClN2O4. The zero-order chi connectivity index (χ0) is 23.6. The predicted molar refractivity (Wildman–Crippen MR) is 123 cm³/mol. The largest absolute Gasteiger partial charge is 0.872 e. The van der Waals surface area contributed by atoms with E-state index in [9.17, 15) is 14.7 Å². The van der Waals surface area contributed by atoms with E-state index in [2.05, 4.69) is 13.8 Å². The van der Waals surface area contributed by atoms with Gasteiger partial charge in [0.2, 0.25) is 5.78 Å². The van der Waals surface area contributed by atoms with Gasteiger partial charge in [-0.15, -0.1) is 0 Å². The molecule has 1 fully saturated rings. The number of hydrogen-bond acceptors (Lipinski definition) is 4. The topological polar surface area (TPSA) is 74.1 Å². The van der Waals surface area contributed by atoms with Crippen molar-refractivity contribution >= 4 is 29.1 Å². The number of quaternary nitrogens is 1. The molecule has 1 unspecified atom stereocenters. The fourth-order valence-electron chi connectivity index (χ4n) is 3.82. The van der Waals surface area contributed by atoms with E-state index < -0.39 is 23.5 Å². The van der Waals surface area contributed by atoms with Gasteiger partial charge in [0.15, 0.2) is 0 Å². The lowest BCUT2D eigenvalue weighted by molar-refractivity contribution is -0.857. The van der Waals surface area contributed by atoms with Crippen LogP contribution in [0.1, 0.15) is 42.5 Å². The van der Waals surface area contributed by atoms with E-state index in [0.29, 0.717) is 24.8 Å². The molecular weight excluding hydrogens is 428 g/mol. The number of hydrogen-bond donors (Lipinski definition) is 1. The number of nitrogens with one attached hydrogen (secondary N) is 1. The van der Waals surface area contributed by atoms with Gasteiger partial charge in [0.25, 0.3) is 5.91 Å². The normalized spacial score (nSPS) is 18.1. The van der Waals surface area contributed by atoms with Gasteiger partial charge in [-0.3, -0.25) is 9.59 Å².